The summed E-state index contributed by atoms with van der Waals surface area (Å²) in [6.07, 6.45) is 1.51. The Balaban J connectivity index is 2.16. The zero-order valence-corrected chi connectivity index (χ0v) is 11.2. The van der Waals surface area contributed by atoms with Gasteiger partial charge < -0.3 is 5.11 Å². The number of carbonyl (C=O) groups is 1. The Morgan fingerprint density at radius 3 is 2.63 bits per heavy atom. The minimum absolute atomic E-state index is 0.317. The van der Waals surface area contributed by atoms with E-state index in [1.807, 2.05) is 30.3 Å². The van der Waals surface area contributed by atoms with Crippen LogP contribution in [0, 0.1) is 0 Å². The highest BCUT2D eigenvalue weighted by Gasteiger charge is 2.12. The van der Waals surface area contributed by atoms with Crippen LogP contribution in [-0.4, -0.2) is 20.4 Å². The van der Waals surface area contributed by atoms with Crippen molar-refractivity contribution < 1.29 is 9.90 Å². The molecule has 0 aliphatic carbocycles. The summed E-state index contributed by atoms with van der Waals surface area (Å²) in [4.78, 5) is 16.3. The van der Waals surface area contributed by atoms with E-state index in [0.717, 1.165) is 20.0 Å². The number of nitrogens with zero attached hydrogens (tertiary/aromatic N) is 2. The standard InChI is InChI=1S/C13H8N2O2S2/c16-12(17)10-5-6-11(18-13-14-7-15-19-13)9-4-2-1-3-8(9)10/h1-7H,(H,16,17). The van der Waals surface area contributed by atoms with E-state index in [9.17, 15) is 9.90 Å². The van der Waals surface area contributed by atoms with Crippen molar-refractivity contribution in [2.24, 2.45) is 0 Å². The molecule has 0 fully saturated rings. The summed E-state index contributed by atoms with van der Waals surface area (Å²) in [7, 11) is 0. The lowest BCUT2D eigenvalue weighted by Gasteiger charge is -2.07. The van der Waals surface area contributed by atoms with Crippen molar-refractivity contribution in [3.05, 3.63) is 48.3 Å². The third kappa shape index (κ3) is 2.32. The van der Waals surface area contributed by atoms with Crippen LogP contribution in [-0.2, 0) is 0 Å². The van der Waals surface area contributed by atoms with E-state index >= 15 is 0 Å². The molecule has 19 heavy (non-hydrogen) atoms. The average molecular weight is 288 g/mol. The molecular weight excluding hydrogens is 280 g/mol. The van der Waals surface area contributed by atoms with Crippen molar-refractivity contribution in [3.63, 3.8) is 0 Å². The molecule has 0 atom stereocenters. The van der Waals surface area contributed by atoms with E-state index < -0.39 is 5.97 Å². The molecule has 3 aromatic rings. The number of fused-ring (bicyclic) bond motifs is 1. The highest BCUT2D eigenvalue weighted by molar-refractivity contribution is 8.01. The molecule has 1 N–H and O–H groups in total. The van der Waals surface area contributed by atoms with Crippen LogP contribution in [0.15, 0.2) is 52.0 Å². The second kappa shape index (κ2) is 4.99. The molecule has 0 bridgehead atoms. The van der Waals surface area contributed by atoms with Crippen molar-refractivity contribution in [1.82, 2.24) is 9.36 Å². The van der Waals surface area contributed by atoms with Gasteiger partial charge in [-0.1, -0.05) is 36.0 Å². The maximum absolute atomic E-state index is 11.2. The summed E-state index contributed by atoms with van der Waals surface area (Å²) in [5.41, 5.74) is 0.317. The Morgan fingerprint density at radius 2 is 1.95 bits per heavy atom. The van der Waals surface area contributed by atoms with Gasteiger partial charge in [0.25, 0.3) is 0 Å². The third-order valence-electron chi connectivity index (χ3n) is 2.65. The number of hydrogen-bond acceptors (Lipinski definition) is 5. The summed E-state index contributed by atoms with van der Waals surface area (Å²) in [6, 6.07) is 10.9. The maximum Gasteiger partial charge on any atom is 0.336 e. The topological polar surface area (TPSA) is 63.1 Å². The van der Waals surface area contributed by atoms with E-state index in [-0.39, 0.29) is 0 Å². The molecule has 4 nitrogen and oxygen atoms in total. The quantitative estimate of drug-likeness (QED) is 0.798. The van der Waals surface area contributed by atoms with Crippen LogP contribution >= 0.6 is 23.3 Å². The Morgan fingerprint density at radius 1 is 1.16 bits per heavy atom. The predicted molar refractivity (Wildman–Crippen MR) is 74.9 cm³/mol. The Kier molecular flexibility index (Phi) is 3.18. The van der Waals surface area contributed by atoms with Crippen LogP contribution in [0.2, 0.25) is 0 Å². The lowest BCUT2D eigenvalue weighted by Crippen LogP contribution is -1.97. The number of hydrogen-bond donors (Lipinski definition) is 1. The van der Waals surface area contributed by atoms with Gasteiger partial charge in [-0.05, 0) is 34.4 Å². The molecule has 0 amide bonds. The second-order valence-corrected chi connectivity index (χ2v) is 5.84. The van der Waals surface area contributed by atoms with Crippen LogP contribution < -0.4 is 0 Å². The molecule has 0 saturated carbocycles. The van der Waals surface area contributed by atoms with Crippen molar-refractivity contribution in [2.75, 3.05) is 0 Å². The van der Waals surface area contributed by atoms with E-state index in [1.165, 1.54) is 29.6 Å². The lowest BCUT2D eigenvalue weighted by molar-refractivity contribution is 0.0699. The number of benzene rings is 2. The van der Waals surface area contributed by atoms with Crippen LogP contribution in [0.1, 0.15) is 10.4 Å². The van der Waals surface area contributed by atoms with E-state index in [2.05, 4.69) is 9.36 Å². The van der Waals surface area contributed by atoms with E-state index in [1.54, 1.807) is 6.07 Å². The average Bonchev–Trinajstić information content (AvgIpc) is 2.91. The third-order valence-corrected chi connectivity index (χ3v) is 4.44. The first kappa shape index (κ1) is 12.1. The van der Waals surface area contributed by atoms with Crippen molar-refractivity contribution in [3.8, 4) is 0 Å². The van der Waals surface area contributed by atoms with Gasteiger partial charge in [-0.15, -0.1) is 0 Å². The monoisotopic (exact) mass is 288 g/mol. The highest BCUT2D eigenvalue weighted by atomic mass is 32.2. The van der Waals surface area contributed by atoms with Crippen molar-refractivity contribution in [2.45, 2.75) is 9.24 Å². The number of aromatic nitrogens is 2. The highest BCUT2D eigenvalue weighted by Crippen LogP contribution is 2.35. The fraction of sp³-hybridized carbons (Fsp3) is 0. The Bertz CT molecular complexity index is 741. The first-order chi connectivity index (χ1) is 9.25. The SMILES string of the molecule is O=C(O)c1ccc(Sc2ncns2)c2ccccc12. The second-order valence-electron chi connectivity index (χ2n) is 3.77. The summed E-state index contributed by atoms with van der Waals surface area (Å²) >= 11 is 2.82. The summed E-state index contributed by atoms with van der Waals surface area (Å²) in [5, 5.41) is 10.9. The molecule has 0 radical (unpaired) electrons. The lowest BCUT2D eigenvalue weighted by atomic mass is 10.0. The molecule has 0 unspecified atom stereocenters. The maximum atomic E-state index is 11.2. The summed E-state index contributed by atoms with van der Waals surface area (Å²) < 4.78 is 4.80. The summed E-state index contributed by atoms with van der Waals surface area (Å²) in [6.45, 7) is 0. The van der Waals surface area contributed by atoms with Gasteiger partial charge in [-0.3, -0.25) is 0 Å². The first-order valence-electron chi connectivity index (χ1n) is 5.45. The molecule has 0 spiro atoms. The van der Waals surface area contributed by atoms with Gasteiger partial charge in [0.2, 0.25) is 0 Å². The minimum Gasteiger partial charge on any atom is -0.478 e. The minimum atomic E-state index is -0.913. The van der Waals surface area contributed by atoms with Gasteiger partial charge in [0.15, 0.2) is 4.34 Å². The molecule has 6 heteroatoms. The fourth-order valence-corrected chi connectivity index (χ4v) is 3.39. The van der Waals surface area contributed by atoms with E-state index in [4.69, 9.17) is 0 Å². The van der Waals surface area contributed by atoms with Gasteiger partial charge in [-0.25, -0.2) is 9.78 Å². The fourth-order valence-electron chi connectivity index (χ4n) is 1.85. The van der Waals surface area contributed by atoms with Crippen molar-refractivity contribution >= 4 is 40.0 Å². The van der Waals surface area contributed by atoms with Crippen LogP contribution in [0.5, 0.6) is 0 Å². The molecule has 1 aromatic heterocycles. The molecular formula is C13H8N2O2S2. The predicted octanol–water partition coefficient (Wildman–Crippen LogP) is 3.54. The zero-order chi connectivity index (χ0) is 13.2. The number of aromatic carboxylic acids is 1. The first-order valence-corrected chi connectivity index (χ1v) is 7.04. The van der Waals surface area contributed by atoms with Crippen molar-refractivity contribution in [1.29, 1.82) is 0 Å². The normalized spacial score (nSPS) is 10.7. The number of carboxylic acid groups (broad SMARTS) is 1. The molecule has 94 valence electrons. The number of carboxylic acids is 1. The van der Waals surface area contributed by atoms with Crippen LogP contribution in [0.3, 0.4) is 0 Å². The molecule has 0 aliphatic rings. The molecule has 0 aliphatic heterocycles. The molecule has 0 saturated heterocycles. The van der Waals surface area contributed by atoms with Gasteiger partial charge in [0.05, 0.1) is 5.56 Å². The van der Waals surface area contributed by atoms with Crippen LogP contribution in [0.25, 0.3) is 10.8 Å². The number of rotatable bonds is 3. The molecule has 2 aromatic carbocycles. The van der Waals surface area contributed by atoms with E-state index in [0.29, 0.717) is 5.56 Å². The largest absolute Gasteiger partial charge is 0.478 e. The smallest absolute Gasteiger partial charge is 0.336 e. The molecule has 1 heterocycles. The summed E-state index contributed by atoms with van der Waals surface area (Å²) in [5.74, 6) is -0.913. The van der Waals surface area contributed by atoms with Gasteiger partial charge in [-0.2, -0.15) is 4.37 Å². The van der Waals surface area contributed by atoms with Gasteiger partial charge in [0, 0.05) is 4.90 Å². The van der Waals surface area contributed by atoms with Gasteiger partial charge in [0.1, 0.15) is 6.33 Å². The Labute approximate surface area is 117 Å². The Hall–Kier alpha value is -1.92. The van der Waals surface area contributed by atoms with Crippen LogP contribution in [0.4, 0.5) is 0 Å². The molecule has 3 rings (SSSR count). The van der Waals surface area contributed by atoms with Gasteiger partial charge >= 0.3 is 5.97 Å². The zero-order valence-electron chi connectivity index (χ0n) is 9.61.